The van der Waals surface area contributed by atoms with Gasteiger partial charge < -0.3 is 10.5 Å². The van der Waals surface area contributed by atoms with E-state index in [9.17, 15) is 0 Å². The summed E-state index contributed by atoms with van der Waals surface area (Å²) in [7, 11) is 1.67. The third kappa shape index (κ3) is 4.37. The van der Waals surface area contributed by atoms with Crippen molar-refractivity contribution < 1.29 is 4.74 Å². The van der Waals surface area contributed by atoms with Gasteiger partial charge in [-0.2, -0.15) is 0 Å². The van der Waals surface area contributed by atoms with Crippen molar-refractivity contribution in [2.75, 3.05) is 7.11 Å². The lowest BCUT2D eigenvalue weighted by Crippen LogP contribution is -2.20. The normalized spacial score (nSPS) is 11.8. The average molecular weight is 217 g/mol. The first-order valence-corrected chi connectivity index (χ1v) is 5.58. The second-order valence-corrected chi connectivity index (χ2v) is 3.89. The van der Waals surface area contributed by atoms with Gasteiger partial charge in [0.05, 0.1) is 7.11 Å². The molecule has 1 rings (SSSR count). The second-order valence-electron chi connectivity index (χ2n) is 3.89. The van der Waals surface area contributed by atoms with Crippen LogP contribution in [0.15, 0.2) is 24.3 Å². The highest BCUT2D eigenvalue weighted by molar-refractivity contribution is 5.27. The minimum atomic E-state index is 0.207. The first-order chi connectivity index (χ1) is 7.76. The molecule has 0 bridgehead atoms. The van der Waals surface area contributed by atoms with Gasteiger partial charge in [-0.25, -0.2) is 0 Å². The summed E-state index contributed by atoms with van der Waals surface area (Å²) in [5.41, 5.74) is 7.23. The number of terminal acetylenes is 1. The van der Waals surface area contributed by atoms with Gasteiger partial charge in [-0.15, -0.1) is 12.3 Å². The van der Waals surface area contributed by atoms with Crippen molar-refractivity contribution in [1.29, 1.82) is 0 Å². The third-order valence-electron chi connectivity index (χ3n) is 2.62. The Balaban J connectivity index is 2.34. The molecule has 0 saturated heterocycles. The molecule has 86 valence electrons. The Hall–Kier alpha value is -1.46. The van der Waals surface area contributed by atoms with E-state index in [1.807, 2.05) is 12.1 Å². The van der Waals surface area contributed by atoms with Gasteiger partial charge in [0.2, 0.25) is 0 Å². The van der Waals surface area contributed by atoms with Crippen LogP contribution in [0.4, 0.5) is 0 Å². The summed E-state index contributed by atoms with van der Waals surface area (Å²) in [6, 6.07) is 8.31. The molecule has 0 radical (unpaired) electrons. The van der Waals surface area contributed by atoms with E-state index in [1.165, 1.54) is 5.56 Å². The van der Waals surface area contributed by atoms with Gasteiger partial charge in [0, 0.05) is 12.5 Å². The molecule has 0 amide bonds. The molecule has 1 aromatic rings. The number of hydrogen-bond acceptors (Lipinski definition) is 2. The largest absolute Gasteiger partial charge is 0.497 e. The maximum atomic E-state index is 5.94. The SMILES string of the molecule is C#CCCC(N)CCc1ccc(OC)cc1. The van der Waals surface area contributed by atoms with Gasteiger partial charge in [-0.1, -0.05) is 12.1 Å². The summed E-state index contributed by atoms with van der Waals surface area (Å²) in [6.07, 6.45) is 8.85. The molecule has 0 aliphatic carbocycles. The minimum Gasteiger partial charge on any atom is -0.497 e. The van der Waals surface area contributed by atoms with Gasteiger partial charge in [-0.3, -0.25) is 0 Å². The average Bonchev–Trinajstić information content (AvgIpc) is 2.34. The van der Waals surface area contributed by atoms with E-state index in [0.29, 0.717) is 0 Å². The minimum absolute atomic E-state index is 0.207. The highest BCUT2D eigenvalue weighted by Gasteiger charge is 2.02. The van der Waals surface area contributed by atoms with E-state index in [-0.39, 0.29) is 6.04 Å². The van der Waals surface area contributed by atoms with E-state index in [1.54, 1.807) is 7.11 Å². The number of ether oxygens (including phenoxy) is 1. The van der Waals surface area contributed by atoms with Crippen LogP contribution in [0, 0.1) is 12.3 Å². The van der Waals surface area contributed by atoms with Crippen molar-refractivity contribution in [2.45, 2.75) is 31.7 Å². The molecule has 2 nitrogen and oxygen atoms in total. The van der Waals surface area contributed by atoms with Crippen LogP contribution in [0.3, 0.4) is 0 Å². The lowest BCUT2D eigenvalue weighted by Gasteiger charge is -2.09. The Bertz CT molecular complexity index is 337. The van der Waals surface area contributed by atoms with Gasteiger partial charge in [0.1, 0.15) is 5.75 Å². The molecule has 0 spiro atoms. The van der Waals surface area contributed by atoms with Crippen molar-refractivity contribution in [3.05, 3.63) is 29.8 Å². The van der Waals surface area contributed by atoms with Crippen LogP contribution in [0.5, 0.6) is 5.75 Å². The molecular weight excluding hydrogens is 198 g/mol. The summed E-state index contributed by atoms with van der Waals surface area (Å²) in [5.74, 6) is 3.50. The molecule has 16 heavy (non-hydrogen) atoms. The lowest BCUT2D eigenvalue weighted by molar-refractivity contribution is 0.414. The van der Waals surface area contributed by atoms with Crippen molar-refractivity contribution in [2.24, 2.45) is 5.73 Å². The maximum absolute atomic E-state index is 5.94. The number of methoxy groups -OCH3 is 1. The highest BCUT2D eigenvalue weighted by atomic mass is 16.5. The first kappa shape index (κ1) is 12.6. The Morgan fingerprint density at radius 1 is 1.31 bits per heavy atom. The summed E-state index contributed by atoms with van der Waals surface area (Å²) < 4.78 is 5.10. The van der Waals surface area contributed by atoms with E-state index in [4.69, 9.17) is 16.9 Å². The van der Waals surface area contributed by atoms with Crippen LogP contribution in [0.25, 0.3) is 0 Å². The molecule has 2 heteroatoms. The Kier molecular flexibility index (Phi) is 5.45. The molecule has 0 fully saturated rings. The lowest BCUT2D eigenvalue weighted by atomic mass is 10.0. The Morgan fingerprint density at radius 2 is 2.00 bits per heavy atom. The van der Waals surface area contributed by atoms with Crippen LogP contribution in [0.2, 0.25) is 0 Å². The number of aryl methyl sites for hydroxylation is 1. The van der Waals surface area contributed by atoms with E-state index in [2.05, 4.69) is 18.1 Å². The zero-order valence-corrected chi connectivity index (χ0v) is 9.78. The summed E-state index contributed by atoms with van der Waals surface area (Å²) in [6.45, 7) is 0. The molecule has 1 unspecified atom stereocenters. The van der Waals surface area contributed by atoms with Gasteiger partial charge in [0.25, 0.3) is 0 Å². The predicted octanol–water partition coefficient (Wildman–Crippen LogP) is 2.37. The zero-order chi connectivity index (χ0) is 11.8. The summed E-state index contributed by atoms with van der Waals surface area (Å²) in [5, 5.41) is 0. The van der Waals surface area contributed by atoms with Gasteiger partial charge >= 0.3 is 0 Å². The first-order valence-electron chi connectivity index (χ1n) is 5.58. The van der Waals surface area contributed by atoms with Gasteiger partial charge in [-0.05, 0) is 37.0 Å². The topological polar surface area (TPSA) is 35.2 Å². The van der Waals surface area contributed by atoms with Gasteiger partial charge in [0.15, 0.2) is 0 Å². The molecule has 0 saturated carbocycles. The Morgan fingerprint density at radius 3 is 2.56 bits per heavy atom. The summed E-state index contributed by atoms with van der Waals surface area (Å²) >= 11 is 0. The number of hydrogen-bond donors (Lipinski definition) is 1. The zero-order valence-electron chi connectivity index (χ0n) is 9.78. The molecule has 0 aliphatic rings. The van der Waals surface area contributed by atoms with Crippen molar-refractivity contribution >= 4 is 0 Å². The molecular formula is C14H19NO. The Labute approximate surface area is 97.8 Å². The molecule has 1 aromatic carbocycles. The van der Waals surface area contributed by atoms with Crippen LogP contribution >= 0.6 is 0 Å². The van der Waals surface area contributed by atoms with Crippen LogP contribution in [0.1, 0.15) is 24.8 Å². The van der Waals surface area contributed by atoms with Crippen molar-refractivity contribution in [1.82, 2.24) is 0 Å². The van der Waals surface area contributed by atoms with E-state index < -0.39 is 0 Å². The maximum Gasteiger partial charge on any atom is 0.118 e. The standard InChI is InChI=1S/C14H19NO/c1-3-4-5-13(15)9-6-12-7-10-14(16-2)11-8-12/h1,7-8,10-11,13H,4-6,9,15H2,2H3. The fraction of sp³-hybridized carbons (Fsp3) is 0.429. The van der Waals surface area contributed by atoms with Crippen LogP contribution in [-0.2, 0) is 6.42 Å². The van der Waals surface area contributed by atoms with Crippen molar-refractivity contribution in [3.63, 3.8) is 0 Å². The molecule has 0 aromatic heterocycles. The fourth-order valence-electron chi connectivity index (χ4n) is 1.56. The third-order valence-corrected chi connectivity index (χ3v) is 2.62. The number of benzene rings is 1. The van der Waals surface area contributed by atoms with Crippen LogP contribution in [-0.4, -0.2) is 13.2 Å². The second kappa shape index (κ2) is 6.92. The van der Waals surface area contributed by atoms with E-state index >= 15 is 0 Å². The molecule has 0 heterocycles. The highest BCUT2D eigenvalue weighted by Crippen LogP contribution is 2.13. The summed E-state index contributed by atoms with van der Waals surface area (Å²) in [4.78, 5) is 0. The van der Waals surface area contributed by atoms with E-state index in [0.717, 1.165) is 31.4 Å². The molecule has 1 atom stereocenters. The smallest absolute Gasteiger partial charge is 0.118 e. The van der Waals surface area contributed by atoms with Crippen molar-refractivity contribution in [3.8, 4) is 18.1 Å². The molecule has 0 aliphatic heterocycles. The predicted molar refractivity (Wildman–Crippen MR) is 67.4 cm³/mol. The monoisotopic (exact) mass is 217 g/mol. The number of rotatable bonds is 6. The quantitative estimate of drug-likeness (QED) is 0.742. The molecule has 2 N–H and O–H groups in total. The number of nitrogens with two attached hydrogens (primary N) is 1. The van der Waals surface area contributed by atoms with Crippen LogP contribution < -0.4 is 10.5 Å². The fourth-order valence-corrected chi connectivity index (χ4v) is 1.56.